The molecule has 0 fully saturated rings. The van der Waals surface area contributed by atoms with E-state index in [1.807, 2.05) is 26.0 Å². The van der Waals surface area contributed by atoms with Gasteiger partial charge < -0.3 is 30.1 Å². The molecule has 9 heteroatoms. The second kappa shape index (κ2) is 14.4. The molecule has 2 aromatic carbocycles. The predicted molar refractivity (Wildman–Crippen MR) is 156 cm³/mol. The number of primary amides is 1. The van der Waals surface area contributed by atoms with Crippen LogP contribution in [-0.2, 0) is 17.8 Å². The van der Waals surface area contributed by atoms with Gasteiger partial charge in [0.2, 0.25) is 11.7 Å². The number of carbonyl (C=O) groups is 1. The lowest BCUT2D eigenvalue weighted by Gasteiger charge is -2.18. The zero-order chi connectivity index (χ0) is 29.4. The maximum absolute atomic E-state index is 11.1. The number of aromatic nitrogens is 2. The Hall–Kier alpha value is -3.27. The van der Waals surface area contributed by atoms with Crippen molar-refractivity contribution in [3.63, 3.8) is 0 Å². The van der Waals surface area contributed by atoms with Crippen LogP contribution in [0.25, 0.3) is 22.8 Å². The summed E-state index contributed by atoms with van der Waals surface area (Å²) >= 11 is 0. The summed E-state index contributed by atoms with van der Waals surface area (Å²) in [6.07, 6.45) is 0.377. The Kier molecular flexibility index (Phi) is 11.2. The Balaban J connectivity index is 1.84. The summed E-state index contributed by atoms with van der Waals surface area (Å²) < 4.78 is 11.6. The number of aliphatic hydroxyl groups is 2. The van der Waals surface area contributed by atoms with Gasteiger partial charge in [0.05, 0.1) is 6.10 Å². The summed E-state index contributed by atoms with van der Waals surface area (Å²) in [6, 6.07) is 10.4. The first-order valence-corrected chi connectivity index (χ1v) is 14.1. The first-order valence-electron chi connectivity index (χ1n) is 14.1. The fraction of sp³-hybridized carbons (Fsp3) is 0.516. The van der Waals surface area contributed by atoms with Gasteiger partial charge in [0.25, 0.3) is 5.89 Å². The van der Waals surface area contributed by atoms with Crippen molar-refractivity contribution >= 4 is 5.91 Å². The minimum Gasteiger partial charge on any atom is -0.490 e. The number of nitrogens with two attached hydrogens (primary N) is 1. The molecule has 0 saturated carbocycles. The smallest absolute Gasteiger partial charge is 0.258 e. The van der Waals surface area contributed by atoms with E-state index in [0.717, 1.165) is 35.3 Å². The van der Waals surface area contributed by atoms with Crippen molar-refractivity contribution in [3.05, 3.63) is 52.6 Å². The minimum atomic E-state index is -1.42. The van der Waals surface area contributed by atoms with Crippen LogP contribution in [0.4, 0.5) is 0 Å². The summed E-state index contributed by atoms with van der Waals surface area (Å²) in [5, 5.41) is 24.1. The molecule has 9 nitrogen and oxygen atoms in total. The normalized spacial score (nSPS) is 13.2. The standard InChI is InChI=1S/C31H44N4O5/c1-7-9-10-35(6)17-21-12-23(19(3)4)15-25(13-21)31-33-30(34-40-31)24-11-20(5)28(22(8-2)14-24)39-18-26(36)16-27(37)29(32)38/h11-15,19,26-27,36-37H,7-10,16-18H2,1-6H3,(H2,32,38)/t26-,27?/m0/s1. The molecule has 3 rings (SSSR count). The van der Waals surface area contributed by atoms with Gasteiger partial charge in [-0.25, -0.2) is 0 Å². The average Bonchev–Trinajstić information content (AvgIpc) is 3.41. The highest BCUT2D eigenvalue weighted by Crippen LogP contribution is 2.32. The van der Waals surface area contributed by atoms with Gasteiger partial charge >= 0.3 is 0 Å². The van der Waals surface area contributed by atoms with Gasteiger partial charge in [0, 0.05) is 24.1 Å². The molecule has 0 saturated heterocycles. The maximum Gasteiger partial charge on any atom is 0.258 e. The van der Waals surface area contributed by atoms with Gasteiger partial charge in [-0.15, -0.1) is 0 Å². The quantitative estimate of drug-likeness (QED) is 0.249. The lowest BCUT2D eigenvalue weighted by molar-refractivity contribution is -0.127. The van der Waals surface area contributed by atoms with Gasteiger partial charge in [-0.1, -0.05) is 45.3 Å². The molecule has 1 heterocycles. The van der Waals surface area contributed by atoms with Crippen LogP contribution < -0.4 is 10.5 Å². The van der Waals surface area contributed by atoms with Crippen molar-refractivity contribution < 1.29 is 24.3 Å². The van der Waals surface area contributed by atoms with Crippen molar-refractivity contribution in [1.82, 2.24) is 15.0 Å². The molecule has 0 aliphatic carbocycles. The molecule has 1 amide bonds. The third kappa shape index (κ3) is 8.36. The van der Waals surface area contributed by atoms with Crippen LogP contribution in [0.1, 0.15) is 75.1 Å². The molecular weight excluding hydrogens is 508 g/mol. The Morgan fingerprint density at radius 3 is 2.52 bits per heavy atom. The van der Waals surface area contributed by atoms with E-state index in [-0.39, 0.29) is 13.0 Å². The second-order valence-electron chi connectivity index (χ2n) is 10.9. The average molecular weight is 553 g/mol. The molecule has 3 aromatic rings. The van der Waals surface area contributed by atoms with Gasteiger partial charge in [0.1, 0.15) is 18.5 Å². The Morgan fingerprint density at radius 2 is 1.88 bits per heavy atom. The molecule has 2 atom stereocenters. The SMILES string of the molecule is CCCCN(C)Cc1cc(-c2nc(-c3cc(C)c(OC[C@@H](O)CC(O)C(N)=O)c(CC)c3)no2)cc(C(C)C)c1. The molecule has 218 valence electrons. The third-order valence-corrected chi connectivity index (χ3v) is 6.94. The van der Waals surface area contributed by atoms with Gasteiger partial charge in [-0.05, 0) is 85.8 Å². The Morgan fingerprint density at radius 1 is 1.12 bits per heavy atom. The Labute approximate surface area is 237 Å². The molecule has 0 radical (unpaired) electrons. The molecule has 0 aliphatic rings. The fourth-order valence-corrected chi connectivity index (χ4v) is 4.61. The summed E-state index contributed by atoms with van der Waals surface area (Å²) in [5.74, 6) is 1.09. The number of hydrogen-bond acceptors (Lipinski definition) is 8. The zero-order valence-electron chi connectivity index (χ0n) is 24.6. The number of ether oxygens (including phenoxy) is 1. The van der Waals surface area contributed by atoms with Crippen LogP contribution in [0, 0.1) is 6.92 Å². The van der Waals surface area contributed by atoms with Crippen LogP contribution in [0.2, 0.25) is 0 Å². The van der Waals surface area contributed by atoms with Crippen LogP contribution >= 0.6 is 0 Å². The van der Waals surface area contributed by atoms with E-state index in [4.69, 9.17) is 20.0 Å². The number of aryl methyl sites for hydroxylation is 2. The minimum absolute atomic E-state index is 0.0773. The van der Waals surface area contributed by atoms with Crippen molar-refractivity contribution in [2.75, 3.05) is 20.2 Å². The molecule has 1 aromatic heterocycles. The van der Waals surface area contributed by atoms with E-state index in [9.17, 15) is 15.0 Å². The van der Waals surface area contributed by atoms with Gasteiger partial charge in [0.15, 0.2) is 0 Å². The summed E-state index contributed by atoms with van der Waals surface area (Å²) in [7, 11) is 2.15. The highest BCUT2D eigenvalue weighted by Gasteiger charge is 2.20. The van der Waals surface area contributed by atoms with E-state index in [2.05, 4.69) is 56.1 Å². The van der Waals surface area contributed by atoms with E-state index < -0.39 is 18.1 Å². The van der Waals surface area contributed by atoms with Crippen LogP contribution in [0.15, 0.2) is 34.9 Å². The largest absolute Gasteiger partial charge is 0.490 e. The maximum atomic E-state index is 11.1. The van der Waals surface area contributed by atoms with Gasteiger partial charge in [-0.2, -0.15) is 4.98 Å². The third-order valence-electron chi connectivity index (χ3n) is 6.94. The van der Waals surface area contributed by atoms with E-state index >= 15 is 0 Å². The number of hydrogen-bond donors (Lipinski definition) is 3. The van der Waals surface area contributed by atoms with Crippen molar-refractivity contribution in [3.8, 4) is 28.6 Å². The molecule has 0 spiro atoms. The first kappa shape index (κ1) is 31.3. The molecule has 0 bridgehead atoms. The van der Waals surface area contributed by atoms with Gasteiger partial charge in [-0.3, -0.25) is 4.79 Å². The monoisotopic (exact) mass is 552 g/mol. The first-order chi connectivity index (χ1) is 19.0. The van der Waals surface area contributed by atoms with E-state index in [1.54, 1.807) is 0 Å². The van der Waals surface area contributed by atoms with Crippen LogP contribution in [-0.4, -0.2) is 63.6 Å². The molecule has 0 aliphatic heterocycles. The van der Waals surface area contributed by atoms with Crippen molar-refractivity contribution in [1.29, 1.82) is 0 Å². The van der Waals surface area contributed by atoms with E-state index in [0.29, 0.717) is 29.8 Å². The second-order valence-corrected chi connectivity index (χ2v) is 10.9. The number of amides is 1. The molecule has 1 unspecified atom stereocenters. The summed E-state index contributed by atoms with van der Waals surface area (Å²) in [6.45, 7) is 12.3. The Bertz CT molecular complexity index is 1270. The molecule has 40 heavy (non-hydrogen) atoms. The summed E-state index contributed by atoms with van der Waals surface area (Å²) in [4.78, 5) is 18.2. The number of nitrogens with zero attached hydrogens (tertiary/aromatic N) is 3. The lowest BCUT2D eigenvalue weighted by Crippen LogP contribution is -2.33. The van der Waals surface area contributed by atoms with Crippen LogP contribution in [0.5, 0.6) is 5.75 Å². The predicted octanol–water partition coefficient (Wildman–Crippen LogP) is 4.61. The van der Waals surface area contributed by atoms with Crippen molar-refractivity contribution in [2.24, 2.45) is 5.73 Å². The number of unbranched alkanes of at least 4 members (excludes halogenated alkanes) is 1. The molecular formula is C31H44N4O5. The molecule has 4 N–H and O–H groups in total. The summed E-state index contributed by atoms with van der Waals surface area (Å²) in [5.41, 5.74) is 11.0. The highest BCUT2D eigenvalue weighted by atomic mass is 16.5. The zero-order valence-corrected chi connectivity index (χ0v) is 24.6. The van der Waals surface area contributed by atoms with Crippen LogP contribution in [0.3, 0.4) is 0 Å². The number of benzene rings is 2. The highest BCUT2D eigenvalue weighted by molar-refractivity contribution is 5.78. The lowest BCUT2D eigenvalue weighted by atomic mass is 9.97. The van der Waals surface area contributed by atoms with E-state index in [1.165, 1.54) is 24.0 Å². The topological polar surface area (TPSA) is 135 Å². The number of rotatable bonds is 15. The number of aliphatic hydroxyl groups excluding tert-OH is 2. The number of carbonyl (C=O) groups excluding carboxylic acids is 1. The van der Waals surface area contributed by atoms with Crippen molar-refractivity contribution in [2.45, 2.75) is 85.0 Å². The fourth-order valence-electron chi connectivity index (χ4n) is 4.61.